The summed E-state index contributed by atoms with van der Waals surface area (Å²) in [6.07, 6.45) is 1.85. The maximum atomic E-state index is 3.84. The van der Waals surface area contributed by atoms with E-state index in [0.29, 0.717) is 0 Å². The van der Waals surface area contributed by atoms with Crippen molar-refractivity contribution in [3.8, 4) is 0 Å². The largest absolute Gasteiger partial charge is 0.253 e. The van der Waals surface area contributed by atoms with Crippen molar-refractivity contribution in [2.45, 2.75) is 41.5 Å². The molecule has 0 aliphatic rings. The zero-order valence-electron chi connectivity index (χ0n) is 11.9. The Hall–Kier alpha value is -1.15. The van der Waals surface area contributed by atoms with Gasteiger partial charge in [0.1, 0.15) is 0 Å². The fraction of sp³-hybridized carbons (Fsp3) is 0.400. The van der Waals surface area contributed by atoms with E-state index in [1.807, 2.05) is 64.5 Å². The van der Waals surface area contributed by atoms with Crippen LogP contribution < -0.4 is 0 Å². The van der Waals surface area contributed by atoms with Crippen molar-refractivity contribution in [3.63, 3.8) is 0 Å². The van der Waals surface area contributed by atoms with E-state index in [-0.39, 0.29) is 0 Å². The number of rotatable bonds is 0. The molecule has 0 spiro atoms. The molecule has 0 N–H and O–H groups in total. The van der Waals surface area contributed by atoms with Gasteiger partial charge in [-0.25, -0.2) is 0 Å². The van der Waals surface area contributed by atoms with Gasteiger partial charge in [-0.1, -0.05) is 63.6 Å². The molecule has 0 fully saturated rings. The Kier molecular flexibility index (Phi) is 15.9. The zero-order chi connectivity index (χ0) is 13.5. The highest BCUT2D eigenvalue weighted by Crippen LogP contribution is 1.99. The second-order valence-corrected chi connectivity index (χ2v) is 3.86. The minimum Gasteiger partial charge on any atom is -0.253 e. The summed E-state index contributed by atoms with van der Waals surface area (Å²) in [5, 5.41) is 0. The summed E-state index contributed by atoms with van der Waals surface area (Å²) in [7, 11) is 0. The van der Waals surface area contributed by atoms with Gasteiger partial charge in [0.05, 0.1) is 5.51 Å². The second kappa shape index (κ2) is 14.8. The monoisotopic (exact) mass is 251 g/mol. The van der Waals surface area contributed by atoms with Crippen LogP contribution in [0.25, 0.3) is 0 Å². The molecule has 0 amide bonds. The predicted octanol–water partition coefficient (Wildman–Crippen LogP) is 5.50. The number of aryl methyl sites for hydroxylation is 2. The Labute approximate surface area is 111 Å². The van der Waals surface area contributed by atoms with E-state index >= 15 is 0 Å². The van der Waals surface area contributed by atoms with Gasteiger partial charge in [0.15, 0.2) is 0 Å². The summed E-state index contributed by atoms with van der Waals surface area (Å²) in [6.45, 7) is 12.1. The lowest BCUT2D eigenvalue weighted by Gasteiger charge is -1.82. The Morgan fingerprint density at radius 2 is 1.41 bits per heavy atom. The van der Waals surface area contributed by atoms with Crippen LogP contribution in [0.3, 0.4) is 0 Å². The Balaban J connectivity index is 0. The number of benzene rings is 1. The normalized spacial score (nSPS) is 7.41. The number of aromatic nitrogens is 1. The molecule has 0 atom stereocenters. The molecule has 0 aliphatic heterocycles. The van der Waals surface area contributed by atoms with Crippen molar-refractivity contribution in [1.29, 1.82) is 0 Å². The molecular formula is C15H25NS. The quantitative estimate of drug-likeness (QED) is 0.602. The van der Waals surface area contributed by atoms with Gasteiger partial charge in [0.25, 0.3) is 0 Å². The van der Waals surface area contributed by atoms with Crippen molar-refractivity contribution in [2.75, 3.05) is 0 Å². The van der Waals surface area contributed by atoms with E-state index in [4.69, 9.17) is 0 Å². The molecule has 96 valence electrons. The Morgan fingerprint density at radius 3 is 1.59 bits per heavy atom. The second-order valence-electron chi connectivity index (χ2n) is 2.77. The third kappa shape index (κ3) is 12.8. The summed E-state index contributed by atoms with van der Waals surface area (Å²) in [5.41, 5.74) is 3.15. The van der Waals surface area contributed by atoms with Crippen molar-refractivity contribution in [3.05, 3.63) is 52.5 Å². The van der Waals surface area contributed by atoms with Gasteiger partial charge in [-0.05, 0) is 13.8 Å². The van der Waals surface area contributed by atoms with Crippen LogP contribution in [0.1, 0.15) is 38.1 Å². The molecular weight excluding hydrogens is 226 g/mol. The molecule has 0 aliphatic carbocycles. The van der Waals surface area contributed by atoms with Crippen LogP contribution in [0, 0.1) is 13.8 Å². The summed E-state index contributed by atoms with van der Waals surface area (Å²) in [6, 6.07) is 10.3. The third-order valence-corrected chi connectivity index (χ3v) is 2.20. The molecule has 2 aromatic rings. The van der Waals surface area contributed by atoms with Crippen LogP contribution >= 0.6 is 11.3 Å². The highest BCUT2D eigenvalue weighted by molar-refractivity contribution is 7.09. The molecule has 1 aromatic heterocycles. The lowest BCUT2D eigenvalue weighted by molar-refractivity contribution is 1.39. The maximum absolute atomic E-state index is 3.84. The summed E-state index contributed by atoms with van der Waals surface area (Å²) >= 11 is 1.67. The molecule has 1 nitrogen and oxygen atoms in total. The Morgan fingerprint density at radius 1 is 0.882 bits per heavy atom. The van der Waals surface area contributed by atoms with Gasteiger partial charge in [0, 0.05) is 11.1 Å². The third-order valence-electron chi connectivity index (χ3n) is 1.50. The van der Waals surface area contributed by atoms with E-state index in [9.17, 15) is 0 Å². The van der Waals surface area contributed by atoms with Gasteiger partial charge in [-0.15, -0.1) is 11.3 Å². The van der Waals surface area contributed by atoms with Gasteiger partial charge < -0.3 is 0 Å². The lowest BCUT2D eigenvalue weighted by Crippen LogP contribution is -1.62. The van der Waals surface area contributed by atoms with E-state index in [2.05, 4.69) is 24.0 Å². The average Bonchev–Trinajstić information content (AvgIpc) is 2.87. The average molecular weight is 251 g/mol. The van der Waals surface area contributed by atoms with Crippen LogP contribution in [0.4, 0.5) is 0 Å². The minimum absolute atomic E-state index is 1.27. The fourth-order valence-electron chi connectivity index (χ4n) is 0.814. The van der Waals surface area contributed by atoms with Crippen molar-refractivity contribution in [1.82, 2.24) is 4.98 Å². The first-order chi connectivity index (χ1) is 8.29. The fourth-order valence-corrected chi connectivity index (χ4v) is 1.22. The van der Waals surface area contributed by atoms with Crippen LogP contribution in [0.5, 0.6) is 0 Å². The van der Waals surface area contributed by atoms with Crippen molar-refractivity contribution in [2.24, 2.45) is 0 Å². The molecule has 0 saturated heterocycles. The van der Waals surface area contributed by atoms with E-state index < -0.39 is 0 Å². The number of thiazole rings is 1. The highest BCUT2D eigenvalue weighted by atomic mass is 32.1. The first-order valence-corrected chi connectivity index (χ1v) is 7.04. The molecule has 0 radical (unpaired) electrons. The highest BCUT2D eigenvalue weighted by Gasteiger charge is 1.76. The first-order valence-electron chi connectivity index (χ1n) is 6.16. The Bertz CT molecular complexity index is 314. The molecule has 2 rings (SSSR count). The maximum Gasteiger partial charge on any atom is 0.0794 e. The van der Waals surface area contributed by atoms with E-state index in [1.54, 1.807) is 11.3 Å². The minimum atomic E-state index is 1.27. The van der Waals surface area contributed by atoms with Crippen molar-refractivity contribution >= 4 is 11.3 Å². The summed E-state index contributed by atoms with van der Waals surface area (Å²) in [4.78, 5) is 5.11. The lowest BCUT2D eigenvalue weighted by atomic mass is 10.2. The smallest absolute Gasteiger partial charge is 0.0794 e. The van der Waals surface area contributed by atoms with E-state index in [0.717, 1.165) is 0 Å². The van der Waals surface area contributed by atoms with Crippen LogP contribution in [-0.4, -0.2) is 4.98 Å². The van der Waals surface area contributed by atoms with Gasteiger partial charge in [-0.2, -0.15) is 0 Å². The molecule has 0 saturated carbocycles. The van der Waals surface area contributed by atoms with Gasteiger partial charge in [0.2, 0.25) is 0 Å². The molecule has 0 unspecified atom stereocenters. The molecule has 1 aromatic carbocycles. The molecule has 1 heterocycles. The van der Waals surface area contributed by atoms with Crippen LogP contribution in [-0.2, 0) is 0 Å². The molecule has 0 bridgehead atoms. The van der Waals surface area contributed by atoms with E-state index in [1.165, 1.54) is 10.4 Å². The van der Waals surface area contributed by atoms with Gasteiger partial charge >= 0.3 is 0 Å². The summed E-state index contributed by atoms with van der Waals surface area (Å²) < 4.78 is 0. The number of hydrogen-bond acceptors (Lipinski definition) is 2. The predicted molar refractivity (Wildman–Crippen MR) is 80.7 cm³/mol. The van der Waals surface area contributed by atoms with Crippen molar-refractivity contribution < 1.29 is 0 Å². The first kappa shape index (κ1) is 18.2. The SMILES string of the molecule is CC.CC.Cc1ccccc1.Cc1cncs1. The van der Waals surface area contributed by atoms with Crippen LogP contribution in [0.2, 0.25) is 0 Å². The zero-order valence-corrected chi connectivity index (χ0v) is 12.7. The van der Waals surface area contributed by atoms with Gasteiger partial charge in [-0.3, -0.25) is 4.98 Å². The number of hydrogen-bond donors (Lipinski definition) is 0. The number of nitrogens with zero attached hydrogens (tertiary/aromatic N) is 1. The van der Waals surface area contributed by atoms with Crippen LogP contribution in [0.15, 0.2) is 42.0 Å². The topological polar surface area (TPSA) is 12.9 Å². The molecule has 2 heteroatoms. The molecule has 17 heavy (non-hydrogen) atoms. The standard InChI is InChI=1S/C7H8.C4H5NS.2C2H6/c1-7-5-3-2-4-6-7;1-4-2-5-3-6-4;2*1-2/h2-6H,1H3;2-3H,1H3;2*1-2H3. The summed E-state index contributed by atoms with van der Waals surface area (Å²) in [5.74, 6) is 0.